The fourth-order valence-electron chi connectivity index (χ4n) is 8.45. The number of hydrogen-bond acceptors (Lipinski definition) is 5. The van der Waals surface area contributed by atoms with Crippen LogP contribution in [-0.4, -0.2) is 30.9 Å². The molecule has 0 aromatic carbocycles. The van der Waals surface area contributed by atoms with E-state index in [0.717, 1.165) is 44.9 Å². The summed E-state index contributed by atoms with van der Waals surface area (Å²) in [6.07, 6.45) is 7.89. The molecule has 0 bridgehead atoms. The summed E-state index contributed by atoms with van der Waals surface area (Å²) in [5.41, 5.74) is -0.241. The van der Waals surface area contributed by atoms with E-state index in [9.17, 15) is 14.4 Å². The Kier molecular flexibility index (Phi) is 5.55. The Bertz CT molecular complexity index is 731. The average Bonchev–Trinajstić information content (AvgIpc) is 3.06. The van der Waals surface area contributed by atoms with Crippen LogP contribution in [0.5, 0.6) is 0 Å². The van der Waals surface area contributed by atoms with Gasteiger partial charge in [0.2, 0.25) is 0 Å². The van der Waals surface area contributed by atoms with Crippen molar-refractivity contribution in [2.24, 2.45) is 46.3 Å². The molecule has 4 aliphatic carbocycles. The van der Waals surface area contributed by atoms with Crippen molar-refractivity contribution in [3.05, 3.63) is 0 Å². The highest BCUT2D eigenvalue weighted by molar-refractivity contribution is 5.88. The van der Waals surface area contributed by atoms with Gasteiger partial charge in [0.15, 0.2) is 0 Å². The molecule has 0 saturated heterocycles. The van der Waals surface area contributed by atoms with E-state index in [1.807, 2.05) is 6.92 Å². The van der Waals surface area contributed by atoms with Crippen molar-refractivity contribution in [1.29, 1.82) is 0 Å². The molecule has 168 valence electrons. The number of carbonyl (C=O) groups is 3. The molecule has 4 aliphatic rings. The van der Waals surface area contributed by atoms with Crippen LogP contribution in [0, 0.1) is 46.3 Å². The summed E-state index contributed by atoms with van der Waals surface area (Å²) in [5.74, 6) is 1.77. The fraction of sp³-hybridized carbons (Fsp3) is 0.880. The Labute approximate surface area is 180 Å². The Morgan fingerprint density at radius 3 is 2.47 bits per heavy atom. The van der Waals surface area contributed by atoms with Gasteiger partial charge in [-0.05, 0) is 80.0 Å². The number of methoxy groups -OCH3 is 1. The number of esters is 2. The van der Waals surface area contributed by atoms with Gasteiger partial charge in [-0.1, -0.05) is 20.8 Å². The summed E-state index contributed by atoms with van der Waals surface area (Å²) in [6, 6.07) is 0. The molecule has 9 atom stereocenters. The van der Waals surface area contributed by atoms with Crippen LogP contribution in [0.25, 0.3) is 0 Å². The second kappa shape index (κ2) is 7.63. The van der Waals surface area contributed by atoms with Crippen molar-refractivity contribution >= 4 is 17.7 Å². The molecule has 0 heterocycles. The van der Waals surface area contributed by atoms with E-state index in [1.165, 1.54) is 14.0 Å². The van der Waals surface area contributed by atoms with Crippen LogP contribution in [0.1, 0.15) is 79.1 Å². The summed E-state index contributed by atoms with van der Waals surface area (Å²) in [5, 5.41) is 0. The third-order valence-corrected chi connectivity index (χ3v) is 10.1. The van der Waals surface area contributed by atoms with Crippen LogP contribution in [0.3, 0.4) is 0 Å². The zero-order valence-electron chi connectivity index (χ0n) is 19.2. The molecule has 0 amide bonds. The summed E-state index contributed by atoms with van der Waals surface area (Å²) in [6.45, 7) is 7.99. The number of carbonyl (C=O) groups excluding carboxylic acids is 3. The van der Waals surface area contributed by atoms with E-state index in [4.69, 9.17) is 9.47 Å². The molecule has 4 saturated carbocycles. The SMILES string of the molecule is COC(=O)[C@@H](C)[C@@H]1CC[C@@H]2[C@H]3CC[C@H]4C[C@H](OC(C)=O)CC[C@]4(C)[C@@H]3CC(=O)[C@]21C. The van der Waals surface area contributed by atoms with Gasteiger partial charge in [-0.2, -0.15) is 0 Å². The number of hydrogen-bond donors (Lipinski definition) is 0. The molecular weight excluding hydrogens is 380 g/mol. The molecule has 4 rings (SSSR count). The zero-order chi connectivity index (χ0) is 21.8. The van der Waals surface area contributed by atoms with Crippen LogP contribution < -0.4 is 0 Å². The number of rotatable bonds is 3. The van der Waals surface area contributed by atoms with E-state index in [1.54, 1.807) is 0 Å². The van der Waals surface area contributed by atoms with Crippen molar-refractivity contribution < 1.29 is 23.9 Å². The van der Waals surface area contributed by atoms with Crippen molar-refractivity contribution in [2.75, 3.05) is 7.11 Å². The summed E-state index contributed by atoms with van der Waals surface area (Å²) >= 11 is 0. The molecular formula is C25H38O5. The highest BCUT2D eigenvalue weighted by Crippen LogP contribution is 2.67. The third kappa shape index (κ3) is 3.14. The predicted molar refractivity (Wildman–Crippen MR) is 112 cm³/mol. The van der Waals surface area contributed by atoms with Gasteiger partial charge in [-0.25, -0.2) is 0 Å². The largest absolute Gasteiger partial charge is 0.469 e. The van der Waals surface area contributed by atoms with Crippen LogP contribution in [0.2, 0.25) is 0 Å². The van der Waals surface area contributed by atoms with Crippen molar-refractivity contribution in [3.63, 3.8) is 0 Å². The Balaban J connectivity index is 1.57. The molecule has 0 unspecified atom stereocenters. The van der Waals surface area contributed by atoms with Gasteiger partial charge in [0.25, 0.3) is 0 Å². The second-order valence-corrected chi connectivity index (χ2v) is 11.1. The third-order valence-electron chi connectivity index (χ3n) is 10.1. The van der Waals surface area contributed by atoms with Gasteiger partial charge in [0.05, 0.1) is 13.0 Å². The minimum Gasteiger partial charge on any atom is -0.469 e. The van der Waals surface area contributed by atoms with Crippen molar-refractivity contribution in [3.8, 4) is 0 Å². The zero-order valence-corrected chi connectivity index (χ0v) is 19.2. The quantitative estimate of drug-likeness (QED) is 0.628. The monoisotopic (exact) mass is 418 g/mol. The number of Topliss-reactive ketones (excluding diaryl/α,β-unsaturated/α-hetero) is 1. The van der Waals surface area contributed by atoms with Gasteiger partial charge in [0.1, 0.15) is 11.9 Å². The Hall–Kier alpha value is -1.39. The maximum absolute atomic E-state index is 13.7. The second-order valence-electron chi connectivity index (χ2n) is 11.1. The van der Waals surface area contributed by atoms with Gasteiger partial charge in [-0.15, -0.1) is 0 Å². The molecule has 0 aromatic rings. The maximum Gasteiger partial charge on any atom is 0.308 e. The highest BCUT2D eigenvalue weighted by atomic mass is 16.5. The lowest BCUT2D eigenvalue weighted by atomic mass is 9.44. The van der Waals surface area contributed by atoms with E-state index >= 15 is 0 Å². The molecule has 0 N–H and O–H groups in total. The molecule has 0 radical (unpaired) electrons. The number of fused-ring (bicyclic) bond motifs is 5. The first-order valence-corrected chi connectivity index (χ1v) is 11.9. The van der Waals surface area contributed by atoms with E-state index in [2.05, 4.69) is 13.8 Å². The molecule has 5 nitrogen and oxygen atoms in total. The minimum absolute atomic E-state index is 0.0402. The highest BCUT2D eigenvalue weighted by Gasteiger charge is 2.64. The first-order valence-electron chi connectivity index (χ1n) is 11.9. The van der Waals surface area contributed by atoms with Crippen molar-refractivity contribution in [1.82, 2.24) is 0 Å². The average molecular weight is 419 g/mol. The summed E-state index contributed by atoms with van der Waals surface area (Å²) in [4.78, 5) is 37.4. The van der Waals surface area contributed by atoms with Gasteiger partial charge in [-0.3, -0.25) is 14.4 Å². The van der Waals surface area contributed by atoms with E-state index < -0.39 is 5.41 Å². The smallest absolute Gasteiger partial charge is 0.308 e. The van der Waals surface area contributed by atoms with Crippen LogP contribution in [0.4, 0.5) is 0 Å². The molecule has 30 heavy (non-hydrogen) atoms. The lowest BCUT2D eigenvalue weighted by Crippen LogP contribution is -2.57. The minimum atomic E-state index is -0.396. The topological polar surface area (TPSA) is 69.7 Å². The lowest BCUT2D eigenvalue weighted by Gasteiger charge is -2.60. The molecule has 5 heteroatoms. The van der Waals surface area contributed by atoms with Gasteiger partial charge in [0, 0.05) is 18.8 Å². The maximum atomic E-state index is 13.7. The van der Waals surface area contributed by atoms with Gasteiger partial charge >= 0.3 is 11.9 Å². The Morgan fingerprint density at radius 2 is 1.80 bits per heavy atom. The summed E-state index contributed by atoms with van der Waals surface area (Å²) < 4.78 is 10.6. The summed E-state index contributed by atoms with van der Waals surface area (Å²) in [7, 11) is 1.45. The first-order chi connectivity index (χ1) is 14.1. The molecule has 0 spiro atoms. The number of ether oxygens (including phenoxy) is 2. The normalized spacial score (nSPS) is 46.2. The number of ketones is 1. The molecule has 0 aliphatic heterocycles. The van der Waals surface area contributed by atoms with Crippen LogP contribution in [-0.2, 0) is 23.9 Å². The first kappa shape index (κ1) is 21.8. The predicted octanol–water partition coefficient (Wildman–Crippen LogP) is 4.57. The lowest BCUT2D eigenvalue weighted by molar-refractivity contribution is -0.168. The van der Waals surface area contributed by atoms with Crippen LogP contribution >= 0.6 is 0 Å². The standard InChI is InChI=1S/C25H38O5/c1-14(23(28)29-5)19-8-9-20-18-7-6-16-12-17(30-15(2)26)10-11-24(16,3)21(18)13-22(27)25(19,20)4/h14,16-21H,6-13H2,1-5H3/t14-,16-,17+,18+,19-,20+,21+,24-,25-/m0/s1. The van der Waals surface area contributed by atoms with Crippen molar-refractivity contribution in [2.45, 2.75) is 85.2 Å². The van der Waals surface area contributed by atoms with Gasteiger partial charge < -0.3 is 9.47 Å². The van der Waals surface area contributed by atoms with Crippen LogP contribution in [0.15, 0.2) is 0 Å². The molecule has 4 fully saturated rings. The fourth-order valence-corrected chi connectivity index (χ4v) is 8.45. The van der Waals surface area contributed by atoms with E-state index in [-0.39, 0.29) is 35.3 Å². The van der Waals surface area contributed by atoms with E-state index in [0.29, 0.717) is 35.9 Å². The Morgan fingerprint density at radius 1 is 1.07 bits per heavy atom. The molecule has 0 aromatic heterocycles.